The number of anilines is 1. The molecule has 0 saturated heterocycles. The van der Waals surface area contributed by atoms with Gasteiger partial charge in [-0.25, -0.2) is 8.42 Å². The largest absolute Gasteiger partial charge is 0.352 e. The van der Waals surface area contributed by atoms with Gasteiger partial charge < -0.3 is 10.2 Å². The third kappa shape index (κ3) is 8.52. The minimum atomic E-state index is -4.26. The first-order valence-corrected chi connectivity index (χ1v) is 15.8. The van der Waals surface area contributed by atoms with Crippen molar-refractivity contribution in [2.45, 2.75) is 57.6 Å². The van der Waals surface area contributed by atoms with Crippen molar-refractivity contribution in [2.24, 2.45) is 0 Å². The molecular formula is C29H31Cl4N3O4S. The third-order valence-corrected chi connectivity index (χ3v) is 9.36. The predicted molar refractivity (Wildman–Crippen MR) is 167 cm³/mol. The van der Waals surface area contributed by atoms with Crippen LogP contribution >= 0.6 is 46.4 Å². The molecule has 0 aliphatic rings. The number of carbonyl (C=O) groups excluding carboxylic acids is 2. The van der Waals surface area contributed by atoms with E-state index in [0.717, 1.165) is 9.87 Å². The van der Waals surface area contributed by atoms with E-state index < -0.39 is 34.4 Å². The number of aryl methyl sites for hydroxylation is 1. The Balaban J connectivity index is 2.08. The predicted octanol–water partition coefficient (Wildman–Crippen LogP) is 7.14. The highest BCUT2D eigenvalue weighted by molar-refractivity contribution is 7.92. The van der Waals surface area contributed by atoms with Gasteiger partial charge in [0, 0.05) is 32.7 Å². The first-order valence-electron chi connectivity index (χ1n) is 12.8. The number of hydrogen-bond acceptors (Lipinski definition) is 4. The minimum Gasteiger partial charge on any atom is -0.352 e. The molecule has 220 valence electrons. The van der Waals surface area contributed by atoms with Gasteiger partial charge in [-0.2, -0.15) is 0 Å². The lowest BCUT2D eigenvalue weighted by Crippen LogP contribution is -2.52. The van der Waals surface area contributed by atoms with Crippen molar-refractivity contribution < 1.29 is 18.0 Å². The van der Waals surface area contributed by atoms with E-state index in [0.29, 0.717) is 22.0 Å². The van der Waals surface area contributed by atoms with Crippen LogP contribution in [-0.4, -0.2) is 43.8 Å². The van der Waals surface area contributed by atoms with Gasteiger partial charge in [0.1, 0.15) is 12.6 Å². The van der Waals surface area contributed by atoms with Gasteiger partial charge in [-0.15, -0.1) is 0 Å². The molecule has 0 fully saturated rings. The molecule has 0 saturated carbocycles. The fourth-order valence-electron chi connectivity index (χ4n) is 3.93. The second kappa shape index (κ2) is 14.1. The maximum Gasteiger partial charge on any atom is 0.264 e. The van der Waals surface area contributed by atoms with Crippen molar-refractivity contribution in [2.75, 3.05) is 10.8 Å². The summed E-state index contributed by atoms with van der Waals surface area (Å²) in [5.41, 5.74) is 1.49. The number of amides is 2. The highest BCUT2D eigenvalue weighted by Gasteiger charge is 2.33. The number of nitrogens with one attached hydrogen (secondary N) is 1. The first-order chi connectivity index (χ1) is 19.2. The zero-order chi connectivity index (χ0) is 30.5. The van der Waals surface area contributed by atoms with Crippen molar-refractivity contribution in [1.29, 1.82) is 0 Å². The topological polar surface area (TPSA) is 86.8 Å². The van der Waals surface area contributed by atoms with Crippen LogP contribution in [0.1, 0.15) is 38.3 Å². The summed E-state index contributed by atoms with van der Waals surface area (Å²) >= 11 is 24.9. The van der Waals surface area contributed by atoms with E-state index in [1.807, 2.05) is 20.8 Å². The molecule has 41 heavy (non-hydrogen) atoms. The number of hydrogen-bond donors (Lipinski definition) is 1. The molecule has 0 aliphatic carbocycles. The average Bonchev–Trinajstić information content (AvgIpc) is 2.90. The second-order valence-electron chi connectivity index (χ2n) is 9.70. The zero-order valence-electron chi connectivity index (χ0n) is 23.0. The van der Waals surface area contributed by atoms with Gasteiger partial charge in [0.2, 0.25) is 11.8 Å². The van der Waals surface area contributed by atoms with E-state index in [9.17, 15) is 18.0 Å². The van der Waals surface area contributed by atoms with Crippen molar-refractivity contribution in [1.82, 2.24) is 10.2 Å². The van der Waals surface area contributed by atoms with E-state index in [2.05, 4.69) is 5.32 Å². The smallest absolute Gasteiger partial charge is 0.264 e. The summed E-state index contributed by atoms with van der Waals surface area (Å²) in [6.07, 6.45) is 0.688. The number of nitrogens with zero attached hydrogens (tertiary/aromatic N) is 2. The summed E-state index contributed by atoms with van der Waals surface area (Å²) < 4.78 is 28.8. The molecule has 12 heteroatoms. The third-order valence-electron chi connectivity index (χ3n) is 6.55. The van der Waals surface area contributed by atoms with Gasteiger partial charge >= 0.3 is 0 Å². The quantitative estimate of drug-likeness (QED) is 0.237. The molecular weight excluding hydrogens is 628 g/mol. The van der Waals surface area contributed by atoms with Gasteiger partial charge in [0.15, 0.2) is 0 Å². The summed E-state index contributed by atoms with van der Waals surface area (Å²) in [7, 11) is -4.26. The van der Waals surface area contributed by atoms with Gasteiger partial charge in [-0.05, 0) is 75.2 Å². The van der Waals surface area contributed by atoms with Crippen molar-refractivity contribution >= 4 is 73.9 Å². The Bertz CT molecular complexity index is 1500. The Morgan fingerprint density at radius 2 is 1.49 bits per heavy atom. The molecule has 0 unspecified atom stereocenters. The van der Waals surface area contributed by atoms with Crippen LogP contribution in [0, 0.1) is 6.92 Å². The fraction of sp³-hybridized carbons (Fsp3) is 0.310. The standard InChI is InChI=1S/C29H31Cl4N3O4S/c1-5-19(3)34-29(38)20(4)35(16-21-8-9-22(30)15-27(21)33)28(37)17-36(25-13-23(31)12-24(32)14-25)41(39,40)26-10-6-18(2)7-11-26/h6-15,19-20H,5,16-17H2,1-4H3,(H,34,38)/t19-,20-/m0/s1. The number of rotatable bonds is 11. The van der Waals surface area contributed by atoms with E-state index in [1.165, 1.54) is 41.3 Å². The Kier molecular flexibility index (Phi) is 11.4. The molecule has 3 rings (SSSR count). The lowest BCUT2D eigenvalue weighted by molar-refractivity contribution is -0.139. The van der Waals surface area contributed by atoms with Gasteiger partial charge in [-0.1, -0.05) is 77.1 Å². The summed E-state index contributed by atoms with van der Waals surface area (Å²) in [6.45, 7) is 6.48. The van der Waals surface area contributed by atoms with Crippen molar-refractivity contribution in [3.05, 3.63) is 91.9 Å². The highest BCUT2D eigenvalue weighted by atomic mass is 35.5. The van der Waals surface area contributed by atoms with Crippen LogP contribution in [0.5, 0.6) is 0 Å². The lowest BCUT2D eigenvalue weighted by Gasteiger charge is -2.32. The van der Waals surface area contributed by atoms with Crippen molar-refractivity contribution in [3.63, 3.8) is 0 Å². The minimum absolute atomic E-state index is 0.0261. The maximum atomic E-state index is 14.0. The molecule has 0 heterocycles. The number of halogens is 4. The van der Waals surface area contributed by atoms with Crippen LogP contribution in [0.15, 0.2) is 65.6 Å². The Hall–Kier alpha value is -2.49. The van der Waals surface area contributed by atoms with Crippen LogP contribution < -0.4 is 9.62 Å². The van der Waals surface area contributed by atoms with E-state index in [1.54, 1.807) is 31.2 Å². The molecule has 0 radical (unpaired) electrons. The number of carbonyl (C=O) groups is 2. The fourth-order valence-corrected chi connectivity index (χ4v) is 6.31. The monoisotopic (exact) mass is 657 g/mol. The van der Waals surface area contributed by atoms with Gasteiger partial charge in [0.25, 0.3) is 10.0 Å². The van der Waals surface area contributed by atoms with Crippen molar-refractivity contribution in [3.8, 4) is 0 Å². The van der Waals surface area contributed by atoms with Crippen LogP contribution in [-0.2, 0) is 26.2 Å². The molecule has 0 bridgehead atoms. The van der Waals surface area contributed by atoms with E-state index in [-0.39, 0.29) is 33.2 Å². The van der Waals surface area contributed by atoms with Crippen LogP contribution in [0.4, 0.5) is 5.69 Å². The molecule has 1 N–H and O–H groups in total. The Morgan fingerprint density at radius 1 is 0.878 bits per heavy atom. The molecule has 3 aromatic carbocycles. The number of benzene rings is 3. The SMILES string of the molecule is CC[C@H](C)NC(=O)[C@H](C)N(Cc1ccc(Cl)cc1Cl)C(=O)CN(c1cc(Cl)cc(Cl)c1)S(=O)(=O)c1ccc(C)cc1. The second-order valence-corrected chi connectivity index (χ2v) is 13.3. The highest BCUT2D eigenvalue weighted by Crippen LogP contribution is 2.31. The molecule has 7 nitrogen and oxygen atoms in total. The Labute approximate surface area is 261 Å². The molecule has 0 spiro atoms. The van der Waals surface area contributed by atoms with Crippen LogP contribution in [0.3, 0.4) is 0 Å². The molecule has 0 aliphatic heterocycles. The maximum absolute atomic E-state index is 14.0. The molecule has 0 aromatic heterocycles. The Morgan fingerprint density at radius 3 is 2.05 bits per heavy atom. The first kappa shape index (κ1) is 33.0. The average molecular weight is 659 g/mol. The van der Waals surface area contributed by atoms with E-state index in [4.69, 9.17) is 46.4 Å². The van der Waals surface area contributed by atoms with Gasteiger partial charge in [0.05, 0.1) is 10.6 Å². The summed E-state index contributed by atoms with van der Waals surface area (Å²) in [5, 5.41) is 3.97. The summed E-state index contributed by atoms with van der Waals surface area (Å²) in [6, 6.07) is 14.2. The van der Waals surface area contributed by atoms with Crippen LogP contribution in [0.2, 0.25) is 20.1 Å². The van der Waals surface area contributed by atoms with Gasteiger partial charge in [-0.3, -0.25) is 13.9 Å². The van der Waals surface area contributed by atoms with Crippen LogP contribution in [0.25, 0.3) is 0 Å². The summed E-state index contributed by atoms with van der Waals surface area (Å²) in [4.78, 5) is 28.4. The zero-order valence-corrected chi connectivity index (χ0v) is 26.8. The molecule has 2 atom stereocenters. The number of sulfonamides is 1. The normalized spacial score (nSPS) is 12.9. The molecule has 3 aromatic rings. The summed E-state index contributed by atoms with van der Waals surface area (Å²) in [5.74, 6) is -1.04. The molecule has 2 amide bonds. The van der Waals surface area contributed by atoms with E-state index >= 15 is 0 Å². The lowest BCUT2D eigenvalue weighted by atomic mass is 10.1.